The summed E-state index contributed by atoms with van der Waals surface area (Å²) in [4.78, 5) is 21.8. The zero-order valence-electron chi connectivity index (χ0n) is 18.0. The van der Waals surface area contributed by atoms with Gasteiger partial charge in [0.25, 0.3) is 5.91 Å². The summed E-state index contributed by atoms with van der Waals surface area (Å²) in [6.07, 6.45) is 8.03. The van der Waals surface area contributed by atoms with Crippen molar-refractivity contribution in [3.8, 4) is 23.8 Å². The number of carbonyl (C=O) groups excluding carboxylic acids is 1. The number of carbonyl (C=O) groups is 1. The average molecular weight is 441 g/mol. The van der Waals surface area contributed by atoms with Gasteiger partial charge in [0, 0.05) is 24.7 Å². The number of nitrogens with zero attached hydrogens (tertiary/aromatic N) is 3. The molecule has 166 valence electrons. The topological polar surface area (TPSA) is 117 Å². The molecule has 0 bridgehead atoms. The van der Waals surface area contributed by atoms with Gasteiger partial charge in [0.2, 0.25) is 0 Å². The Kier molecular flexibility index (Phi) is 6.51. The van der Waals surface area contributed by atoms with Crippen molar-refractivity contribution in [3.63, 3.8) is 0 Å². The fourth-order valence-electron chi connectivity index (χ4n) is 3.73. The predicted octanol–water partition coefficient (Wildman–Crippen LogP) is 3.30. The Hall–Kier alpha value is -4.38. The minimum Gasteiger partial charge on any atom is -0.457 e. The molecule has 33 heavy (non-hydrogen) atoms. The van der Waals surface area contributed by atoms with Gasteiger partial charge in [-0.3, -0.25) is 10.2 Å². The number of aromatic nitrogens is 2. The lowest BCUT2D eigenvalue weighted by Gasteiger charge is -2.31. The summed E-state index contributed by atoms with van der Waals surface area (Å²) in [5.41, 5.74) is 7.46. The summed E-state index contributed by atoms with van der Waals surface area (Å²) in [6, 6.07) is 16.8. The zero-order chi connectivity index (χ0) is 23.2. The molecule has 4 rings (SSSR count). The fourth-order valence-corrected chi connectivity index (χ4v) is 3.73. The molecule has 2 heterocycles. The molecule has 0 aliphatic carbocycles. The van der Waals surface area contributed by atoms with Crippen molar-refractivity contribution in [2.45, 2.75) is 18.9 Å². The second-order valence-corrected chi connectivity index (χ2v) is 7.65. The van der Waals surface area contributed by atoms with Gasteiger partial charge < -0.3 is 20.7 Å². The van der Waals surface area contributed by atoms with E-state index in [2.05, 4.69) is 21.2 Å². The SMILES string of the molecule is C#CC(=O)N1CCC(Nc2ncnc(N)c2C(=N)c2ccc(Oc3ccccc3)cc2)CC1. The Balaban J connectivity index is 1.48. The van der Waals surface area contributed by atoms with E-state index in [0.29, 0.717) is 35.8 Å². The quantitative estimate of drug-likeness (QED) is 0.400. The minimum atomic E-state index is -0.290. The fraction of sp³-hybridized carbons (Fsp3) is 0.200. The van der Waals surface area contributed by atoms with Crippen LogP contribution in [-0.4, -0.2) is 45.6 Å². The highest BCUT2D eigenvalue weighted by atomic mass is 16.5. The molecule has 1 aromatic heterocycles. The maximum absolute atomic E-state index is 11.7. The highest BCUT2D eigenvalue weighted by molar-refractivity contribution is 6.16. The molecule has 0 unspecified atom stereocenters. The van der Waals surface area contributed by atoms with Crippen LogP contribution >= 0.6 is 0 Å². The number of para-hydroxylation sites is 1. The van der Waals surface area contributed by atoms with Crippen molar-refractivity contribution < 1.29 is 9.53 Å². The van der Waals surface area contributed by atoms with Crippen LogP contribution in [0.1, 0.15) is 24.0 Å². The largest absolute Gasteiger partial charge is 0.457 e. The van der Waals surface area contributed by atoms with Gasteiger partial charge in [-0.05, 0) is 55.2 Å². The van der Waals surface area contributed by atoms with E-state index >= 15 is 0 Å². The molecule has 2 aromatic carbocycles. The van der Waals surface area contributed by atoms with Gasteiger partial charge in [-0.2, -0.15) is 0 Å². The molecule has 1 fully saturated rings. The number of anilines is 2. The Morgan fingerprint density at radius 3 is 2.42 bits per heavy atom. The number of nitrogens with one attached hydrogen (secondary N) is 2. The van der Waals surface area contributed by atoms with E-state index in [0.717, 1.165) is 18.6 Å². The highest BCUT2D eigenvalue weighted by Gasteiger charge is 2.24. The first kappa shape index (κ1) is 21.8. The Bertz CT molecular complexity index is 1180. The molecule has 0 saturated carbocycles. The van der Waals surface area contributed by atoms with Crippen LogP contribution in [-0.2, 0) is 4.79 Å². The summed E-state index contributed by atoms with van der Waals surface area (Å²) in [5, 5.41) is 12.1. The van der Waals surface area contributed by atoms with Crippen molar-refractivity contribution in [2.24, 2.45) is 0 Å². The van der Waals surface area contributed by atoms with Crippen LogP contribution in [0.25, 0.3) is 0 Å². The molecule has 8 heteroatoms. The molecule has 1 aliphatic heterocycles. The van der Waals surface area contributed by atoms with Crippen LogP contribution < -0.4 is 15.8 Å². The summed E-state index contributed by atoms with van der Waals surface area (Å²) in [6.45, 7) is 1.13. The highest BCUT2D eigenvalue weighted by Crippen LogP contribution is 2.26. The molecular formula is C25H24N6O2. The van der Waals surface area contributed by atoms with E-state index in [-0.39, 0.29) is 23.5 Å². The monoisotopic (exact) mass is 440 g/mol. The molecule has 0 radical (unpaired) electrons. The molecule has 0 spiro atoms. The Morgan fingerprint density at radius 2 is 1.76 bits per heavy atom. The van der Waals surface area contributed by atoms with Crippen LogP contribution in [0.5, 0.6) is 11.5 Å². The molecule has 1 saturated heterocycles. The summed E-state index contributed by atoms with van der Waals surface area (Å²) in [5.74, 6) is 4.00. The number of nitrogen functional groups attached to an aromatic ring is 1. The number of benzene rings is 2. The van der Waals surface area contributed by atoms with E-state index in [1.54, 1.807) is 17.0 Å². The number of piperidine rings is 1. The zero-order valence-corrected chi connectivity index (χ0v) is 18.0. The van der Waals surface area contributed by atoms with Gasteiger partial charge in [0.05, 0.1) is 11.3 Å². The Morgan fingerprint density at radius 1 is 1.09 bits per heavy atom. The van der Waals surface area contributed by atoms with E-state index < -0.39 is 0 Å². The minimum absolute atomic E-state index is 0.0781. The molecule has 8 nitrogen and oxygen atoms in total. The first-order valence-corrected chi connectivity index (χ1v) is 10.6. The van der Waals surface area contributed by atoms with Crippen molar-refractivity contribution in [1.29, 1.82) is 5.41 Å². The number of rotatable bonds is 6. The lowest BCUT2D eigenvalue weighted by Crippen LogP contribution is -2.42. The van der Waals surface area contributed by atoms with E-state index in [9.17, 15) is 4.79 Å². The van der Waals surface area contributed by atoms with Gasteiger partial charge in [-0.1, -0.05) is 18.2 Å². The normalized spacial score (nSPS) is 13.7. The van der Waals surface area contributed by atoms with Crippen molar-refractivity contribution >= 4 is 23.3 Å². The van der Waals surface area contributed by atoms with Crippen LogP contribution in [0, 0.1) is 17.8 Å². The second kappa shape index (κ2) is 9.83. The lowest BCUT2D eigenvalue weighted by atomic mass is 10.0. The molecule has 3 aromatic rings. The molecule has 1 amide bonds. The van der Waals surface area contributed by atoms with Crippen molar-refractivity contribution in [1.82, 2.24) is 14.9 Å². The van der Waals surface area contributed by atoms with Gasteiger partial charge in [0.15, 0.2) is 0 Å². The number of hydrogen-bond acceptors (Lipinski definition) is 7. The first-order chi connectivity index (χ1) is 16.0. The predicted molar refractivity (Wildman–Crippen MR) is 127 cm³/mol. The molecule has 4 N–H and O–H groups in total. The number of amides is 1. The molecule has 1 aliphatic rings. The van der Waals surface area contributed by atoms with E-state index in [1.165, 1.54) is 6.33 Å². The maximum Gasteiger partial charge on any atom is 0.298 e. The standard InChI is InChI=1S/C25H24N6O2/c1-2-21(32)31-14-12-18(13-15-31)30-25-22(24(27)28-16-29-25)23(26)17-8-10-20(11-9-17)33-19-6-4-3-5-7-19/h1,3-11,16,18,26H,12-15H2,(H3,27,28,29,30). The van der Waals surface area contributed by atoms with Crippen LogP contribution in [0.4, 0.5) is 11.6 Å². The summed E-state index contributed by atoms with van der Waals surface area (Å²) >= 11 is 0. The average Bonchev–Trinajstić information content (AvgIpc) is 2.85. The first-order valence-electron chi connectivity index (χ1n) is 10.6. The van der Waals surface area contributed by atoms with Crippen LogP contribution in [0.3, 0.4) is 0 Å². The lowest BCUT2D eigenvalue weighted by molar-refractivity contribution is -0.126. The Labute approximate surface area is 192 Å². The van der Waals surface area contributed by atoms with E-state index in [1.807, 2.05) is 42.5 Å². The molecular weight excluding hydrogens is 416 g/mol. The van der Waals surface area contributed by atoms with Crippen LogP contribution in [0.2, 0.25) is 0 Å². The number of nitrogens with two attached hydrogens (primary N) is 1. The van der Waals surface area contributed by atoms with Crippen LogP contribution in [0.15, 0.2) is 60.9 Å². The van der Waals surface area contributed by atoms with Gasteiger partial charge >= 0.3 is 0 Å². The van der Waals surface area contributed by atoms with Gasteiger partial charge in [0.1, 0.15) is 29.5 Å². The second-order valence-electron chi connectivity index (χ2n) is 7.65. The number of terminal acetylenes is 1. The van der Waals surface area contributed by atoms with Gasteiger partial charge in [-0.15, -0.1) is 6.42 Å². The number of likely N-dealkylation sites (tertiary alicyclic amines) is 1. The smallest absolute Gasteiger partial charge is 0.298 e. The summed E-state index contributed by atoms with van der Waals surface area (Å²) in [7, 11) is 0. The third-order valence-corrected chi connectivity index (χ3v) is 5.49. The maximum atomic E-state index is 11.7. The summed E-state index contributed by atoms with van der Waals surface area (Å²) < 4.78 is 5.83. The third-order valence-electron chi connectivity index (χ3n) is 5.49. The van der Waals surface area contributed by atoms with Crippen molar-refractivity contribution in [3.05, 3.63) is 72.1 Å². The number of ether oxygens (including phenoxy) is 1. The van der Waals surface area contributed by atoms with Crippen molar-refractivity contribution in [2.75, 3.05) is 24.1 Å². The number of hydrogen-bond donors (Lipinski definition) is 3. The van der Waals surface area contributed by atoms with Gasteiger partial charge in [-0.25, -0.2) is 9.97 Å². The molecule has 0 atom stereocenters. The third kappa shape index (κ3) is 5.10. The van der Waals surface area contributed by atoms with E-state index in [4.69, 9.17) is 22.3 Å².